The molecule has 1 aliphatic heterocycles. The quantitative estimate of drug-likeness (QED) is 0.327. The van der Waals surface area contributed by atoms with Crippen LogP contribution in [-0.2, 0) is 4.74 Å². The number of epoxide rings is 1. The van der Waals surface area contributed by atoms with Gasteiger partial charge >= 0.3 is 0 Å². The molecule has 1 rings (SSSR count). The number of likely N-dealkylation sites (N-methyl/N-ethyl adjacent to an activating group) is 1. The number of unbranched alkanes of at least 4 members (excludes halogenated alkanes) is 5. The first kappa shape index (κ1) is 13.0. The number of ether oxygens (including phenoxy) is 1. The van der Waals surface area contributed by atoms with Crippen LogP contribution in [0.4, 0.5) is 0 Å². The van der Waals surface area contributed by atoms with Crippen LogP contribution in [0.5, 0.6) is 0 Å². The molecule has 0 aromatic rings. The molecule has 0 amide bonds. The Hall–Kier alpha value is -0.0800. The fourth-order valence-electron chi connectivity index (χ4n) is 2.14. The van der Waals surface area contributed by atoms with Gasteiger partial charge in [0, 0.05) is 0 Å². The third kappa shape index (κ3) is 6.91. The van der Waals surface area contributed by atoms with Crippen LogP contribution in [-0.4, -0.2) is 44.4 Å². The highest BCUT2D eigenvalue weighted by Gasteiger charge is 2.30. The lowest BCUT2D eigenvalue weighted by Crippen LogP contribution is -2.43. The zero-order chi connectivity index (χ0) is 11.1. The molecule has 2 heteroatoms. The third-order valence-corrected chi connectivity index (χ3v) is 3.22. The number of hydrogen-bond donors (Lipinski definition) is 0. The van der Waals surface area contributed by atoms with E-state index < -0.39 is 0 Å². The van der Waals surface area contributed by atoms with Gasteiger partial charge < -0.3 is 9.22 Å². The van der Waals surface area contributed by atoms with Crippen molar-refractivity contribution in [3.05, 3.63) is 0 Å². The summed E-state index contributed by atoms with van der Waals surface area (Å²) in [7, 11) is 4.65. The predicted octanol–water partition coefficient (Wildman–Crippen LogP) is 2.82. The molecular weight excluding hydrogens is 186 g/mol. The van der Waals surface area contributed by atoms with Crippen LogP contribution in [0, 0.1) is 0 Å². The van der Waals surface area contributed by atoms with E-state index in [9.17, 15) is 0 Å². The molecule has 0 aromatic heterocycles. The Bertz CT molecular complexity index is 164. The van der Waals surface area contributed by atoms with Crippen molar-refractivity contribution in [1.82, 2.24) is 0 Å². The molecule has 0 saturated carbocycles. The van der Waals surface area contributed by atoms with Crippen molar-refractivity contribution in [3.8, 4) is 0 Å². The summed E-state index contributed by atoms with van der Waals surface area (Å²) in [6.07, 6.45) is 8.97. The molecule has 1 atom stereocenters. The molecule has 0 radical (unpaired) electrons. The Balaban J connectivity index is 1.92. The maximum atomic E-state index is 5.29. The Labute approximate surface area is 95.2 Å². The van der Waals surface area contributed by atoms with Gasteiger partial charge in [-0.15, -0.1) is 0 Å². The molecule has 90 valence electrons. The summed E-state index contributed by atoms with van der Waals surface area (Å²) in [5.41, 5.74) is 0. The van der Waals surface area contributed by atoms with Crippen LogP contribution in [0.2, 0.25) is 0 Å². The lowest BCUT2D eigenvalue weighted by molar-refractivity contribution is -0.891. The SMILES string of the molecule is CCCCCCCC[N+](C)(C)CC1CO1. The summed E-state index contributed by atoms with van der Waals surface area (Å²) in [6, 6.07) is 0. The molecule has 0 N–H and O–H groups in total. The minimum absolute atomic E-state index is 0.570. The van der Waals surface area contributed by atoms with Crippen LogP contribution in [0.1, 0.15) is 45.4 Å². The van der Waals surface area contributed by atoms with Crippen molar-refractivity contribution < 1.29 is 9.22 Å². The van der Waals surface area contributed by atoms with Gasteiger partial charge in [-0.25, -0.2) is 0 Å². The monoisotopic (exact) mass is 214 g/mol. The highest BCUT2D eigenvalue weighted by Crippen LogP contribution is 2.15. The number of nitrogens with zero attached hydrogens (tertiary/aromatic N) is 1. The van der Waals surface area contributed by atoms with Crippen LogP contribution < -0.4 is 0 Å². The molecule has 1 fully saturated rings. The summed E-state index contributed by atoms with van der Waals surface area (Å²) in [6.45, 7) is 5.79. The van der Waals surface area contributed by atoms with Gasteiger partial charge in [0.25, 0.3) is 0 Å². The van der Waals surface area contributed by atoms with E-state index in [1.807, 2.05) is 0 Å². The predicted molar refractivity (Wildman–Crippen MR) is 65.0 cm³/mol. The average molecular weight is 214 g/mol. The third-order valence-electron chi connectivity index (χ3n) is 3.22. The van der Waals surface area contributed by atoms with E-state index in [4.69, 9.17) is 4.74 Å². The van der Waals surface area contributed by atoms with E-state index in [1.165, 1.54) is 51.6 Å². The van der Waals surface area contributed by atoms with Gasteiger partial charge in [0.2, 0.25) is 0 Å². The first-order valence-electron chi connectivity index (χ1n) is 6.57. The Morgan fingerprint density at radius 2 is 1.67 bits per heavy atom. The van der Waals surface area contributed by atoms with E-state index in [0.717, 1.165) is 11.1 Å². The molecule has 0 bridgehead atoms. The zero-order valence-electron chi connectivity index (χ0n) is 10.8. The second kappa shape index (κ2) is 6.49. The second-order valence-electron chi connectivity index (χ2n) is 5.57. The molecule has 2 nitrogen and oxygen atoms in total. The van der Waals surface area contributed by atoms with Crippen LogP contribution in [0.15, 0.2) is 0 Å². The van der Waals surface area contributed by atoms with Gasteiger partial charge in [-0.05, 0) is 12.8 Å². The fourth-order valence-corrected chi connectivity index (χ4v) is 2.14. The molecule has 1 aliphatic rings. The maximum absolute atomic E-state index is 5.29. The van der Waals surface area contributed by atoms with Crippen molar-refractivity contribution in [3.63, 3.8) is 0 Å². The van der Waals surface area contributed by atoms with Gasteiger partial charge in [0.05, 0.1) is 27.2 Å². The van der Waals surface area contributed by atoms with E-state index in [1.54, 1.807) is 0 Å². The first-order chi connectivity index (χ1) is 7.14. The molecule has 1 heterocycles. The van der Waals surface area contributed by atoms with Crippen LogP contribution >= 0.6 is 0 Å². The van der Waals surface area contributed by atoms with Gasteiger partial charge in [0.1, 0.15) is 12.6 Å². The van der Waals surface area contributed by atoms with E-state index in [0.29, 0.717) is 6.10 Å². The Morgan fingerprint density at radius 1 is 1.07 bits per heavy atom. The van der Waals surface area contributed by atoms with Gasteiger partial charge in [-0.3, -0.25) is 0 Å². The number of rotatable bonds is 9. The average Bonchev–Trinajstić information content (AvgIpc) is 2.94. The molecule has 1 saturated heterocycles. The minimum atomic E-state index is 0.570. The number of hydrogen-bond acceptors (Lipinski definition) is 1. The molecule has 0 spiro atoms. The summed E-state index contributed by atoms with van der Waals surface area (Å²) >= 11 is 0. The van der Waals surface area contributed by atoms with E-state index in [2.05, 4.69) is 21.0 Å². The van der Waals surface area contributed by atoms with Crippen LogP contribution in [0.25, 0.3) is 0 Å². The topological polar surface area (TPSA) is 12.5 Å². The van der Waals surface area contributed by atoms with E-state index >= 15 is 0 Å². The maximum Gasteiger partial charge on any atom is 0.130 e. The van der Waals surface area contributed by atoms with Crippen molar-refractivity contribution in [2.45, 2.75) is 51.6 Å². The molecule has 15 heavy (non-hydrogen) atoms. The lowest BCUT2D eigenvalue weighted by Gasteiger charge is -2.29. The summed E-state index contributed by atoms with van der Waals surface area (Å²) in [5.74, 6) is 0. The number of quaternary nitrogens is 1. The Kier molecular flexibility index (Phi) is 5.62. The van der Waals surface area contributed by atoms with Crippen molar-refractivity contribution in [1.29, 1.82) is 0 Å². The molecular formula is C13H28NO+. The van der Waals surface area contributed by atoms with Crippen molar-refractivity contribution >= 4 is 0 Å². The highest BCUT2D eigenvalue weighted by molar-refractivity contribution is 4.67. The van der Waals surface area contributed by atoms with Crippen molar-refractivity contribution in [2.24, 2.45) is 0 Å². The summed E-state index contributed by atoms with van der Waals surface area (Å²) in [5, 5.41) is 0. The van der Waals surface area contributed by atoms with Gasteiger partial charge in [-0.2, -0.15) is 0 Å². The van der Waals surface area contributed by atoms with E-state index in [-0.39, 0.29) is 0 Å². The molecule has 0 aromatic carbocycles. The zero-order valence-corrected chi connectivity index (χ0v) is 10.8. The minimum Gasteiger partial charge on any atom is -0.367 e. The van der Waals surface area contributed by atoms with Crippen molar-refractivity contribution in [2.75, 3.05) is 33.8 Å². The Morgan fingerprint density at radius 3 is 2.27 bits per heavy atom. The normalized spacial score (nSPS) is 20.6. The first-order valence-corrected chi connectivity index (χ1v) is 6.57. The highest BCUT2D eigenvalue weighted by atomic mass is 16.6. The molecule has 0 aliphatic carbocycles. The smallest absolute Gasteiger partial charge is 0.130 e. The van der Waals surface area contributed by atoms with Gasteiger partial charge in [0.15, 0.2) is 0 Å². The molecule has 1 unspecified atom stereocenters. The van der Waals surface area contributed by atoms with Crippen LogP contribution in [0.3, 0.4) is 0 Å². The fraction of sp³-hybridized carbons (Fsp3) is 1.00. The summed E-state index contributed by atoms with van der Waals surface area (Å²) < 4.78 is 6.43. The van der Waals surface area contributed by atoms with Gasteiger partial charge in [-0.1, -0.05) is 32.6 Å². The second-order valence-corrected chi connectivity index (χ2v) is 5.57. The standard InChI is InChI=1S/C13H28NO/c1-4-5-6-7-8-9-10-14(2,3)11-13-12-15-13/h13H,4-12H2,1-3H3/q+1. The largest absolute Gasteiger partial charge is 0.367 e. The lowest BCUT2D eigenvalue weighted by atomic mass is 10.1. The summed E-state index contributed by atoms with van der Waals surface area (Å²) in [4.78, 5) is 0.